The lowest BCUT2D eigenvalue weighted by Crippen LogP contribution is -2.36. The van der Waals surface area contributed by atoms with Crippen LogP contribution in [0.4, 0.5) is 0 Å². The molecule has 1 rings (SSSR count). The molecule has 0 aromatic carbocycles. The van der Waals surface area contributed by atoms with Gasteiger partial charge in [0.15, 0.2) is 5.96 Å². The standard InChI is InChI=1S/C11H23N3O2S/c1-13(2)10(14(3)4)12-8-11(6-7-11)9-17(5,15)16/h6-9H2,1-5H3. The maximum atomic E-state index is 11.3. The van der Waals surface area contributed by atoms with Gasteiger partial charge in [-0.15, -0.1) is 0 Å². The first-order valence-corrected chi connectivity index (χ1v) is 7.78. The molecule has 1 saturated carbocycles. The van der Waals surface area contributed by atoms with Crippen LogP contribution in [-0.2, 0) is 9.84 Å². The maximum absolute atomic E-state index is 11.3. The number of hydrogen-bond donors (Lipinski definition) is 0. The zero-order valence-electron chi connectivity index (χ0n) is 11.4. The molecule has 1 fully saturated rings. The molecule has 0 radical (unpaired) electrons. The van der Waals surface area contributed by atoms with Gasteiger partial charge in [0.2, 0.25) is 0 Å². The van der Waals surface area contributed by atoms with Crippen molar-refractivity contribution in [2.45, 2.75) is 12.8 Å². The minimum Gasteiger partial charge on any atom is -0.349 e. The Kier molecular flexibility index (Phi) is 4.06. The topological polar surface area (TPSA) is 53.0 Å². The summed E-state index contributed by atoms with van der Waals surface area (Å²) in [6, 6.07) is 0. The van der Waals surface area contributed by atoms with E-state index in [0.29, 0.717) is 6.54 Å². The average Bonchev–Trinajstić information content (AvgIpc) is 2.80. The van der Waals surface area contributed by atoms with Crippen LogP contribution >= 0.6 is 0 Å². The molecular formula is C11H23N3O2S. The lowest BCUT2D eigenvalue weighted by atomic mass is 10.1. The average molecular weight is 261 g/mol. The van der Waals surface area contributed by atoms with Gasteiger partial charge in [-0.1, -0.05) is 0 Å². The molecule has 0 heterocycles. The molecule has 0 atom stereocenters. The molecule has 0 saturated heterocycles. The highest BCUT2D eigenvalue weighted by Crippen LogP contribution is 2.46. The number of hydrogen-bond acceptors (Lipinski definition) is 3. The van der Waals surface area contributed by atoms with Crippen molar-refractivity contribution in [2.75, 3.05) is 46.7 Å². The summed E-state index contributed by atoms with van der Waals surface area (Å²) in [6.07, 6.45) is 3.24. The minimum atomic E-state index is -2.90. The Labute approximate surface area is 104 Å². The van der Waals surface area contributed by atoms with Crippen LogP contribution in [0.1, 0.15) is 12.8 Å². The summed E-state index contributed by atoms with van der Waals surface area (Å²) in [7, 11) is 4.85. The molecule has 0 unspecified atom stereocenters. The predicted molar refractivity (Wildman–Crippen MR) is 71.1 cm³/mol. The molecule has 1 aliphatic rings. The Balaban J connectivity index is 2.69. The smallest absolute Gasteiger partial charge is 0.195 e. The van der Waals surface area contributed by atoms with Gasteiger partial charge in [-0.05, 0) is 12.8 Å². The minimum absolute atomic E-state index is 0.0924. The van der Waals surface area contributed by atoms with Gasteiger partial charge < -0.3 is 9.80 Å². The first-order valence-electron chi connectivity index (χ1n) is 5.72. The summed E-state index contributed by atoms with van der Waals surface area (Å²) in [5, 5.41) is 0. The van der Waals surface area contributed by atoms with Crippen LogP contribution in [0.15, 0.2) is 4.99 Å². The quantitative estimate of drug-likeness (QED) is 0.539. The fraction of sp³-hybridized carbons (Fsp3) is 0.909. The summed E-state index contributed by atoms with van der Waals surface area (Å²) in [5.74, 6) is 1.14. The molecule has 6 heteroatoms. The summed E-state index contributed by atoms with van der Waals surface area (Å²) >= 11 is 0. The normalized spacial score (nSPS) is 17.5. The van der Waals surface area contributed by atoms with E-state index in [9.17, 15) is 8.42 Å². The van der Waals surface area contributed by atoms with Crippen LogP contribution in [0.2, 0.25) is 0 Å². The zero-order chi connectivity index (χ0) is 13.3. The molecule has 0 N–H and O–H groups in total. The van der Waals surface area contributed by atoms with E-state index in [0.717, 1.165) is 18.8 Å². The molecular weight excluding hydrogens is 238 g/mol. The van der Waals surface area contributed by atoms with Crippen LogP contribution < -0.4 is 0 Å². The highest BCUT2D eigenvalue weighted by molar-refractivity contribution is 7.90. The van der Waals surface area contributed by atoms with Gasteiger partial charge in [-0.25, -0.2) is 8.42 Å². The van der Waals surface area contributed by atoms with Gasteiger partial charge in [0.25, 0.3) is 0 Å². The van der Waals surface area contributed by atoms with Gasteiger partial charge in [0.1, 0.15) is 9.84 Å². The maximum Gasteiger partial charge on any atom is 0.195 e. The number of aliphatic imine (C=N–C) groups is 1. The highest BCUT2D eigenvalue weighted by Gasteiger charge is 2.45. The van der Waals surface area contributed by atoms with Crippen LogP contribution in [0, 0.1) is 5.41 Å². The first-order chi connectivity index (χ1) is 7.65. The lowest BCUT2D eigenvalue weighted by Gasteiger charge is -2.23. The van der Waals surface area contributed by atoms with Crippen molar-refractivity contribution in [1.82, 2.24) is 9.80 Å². The van der Waals surface area contributed by atoms with E-state index in [1.165, 1.54) is 6.26 Å². The van der Waals surface area contributed by atoms with E-state index >= 15 is 0 Å². The zero-order valence-corrected chi connectivity index (χ0v) is 12.2. The molecule has 0 aromatic rings. The third-order valence-electron chi connectivity index (χ3n) is 2.88. The van der Waals surface area contributed by atoms with Crippen molar-refractivity contribution in [3.8, 4) is 0 Å². The molecule has 5 nitrogen and oxygen atoms in total. The van der Waals surface area contributed by atoms with Gasteiger partial charge in [0.05, 0.1) is 5.75 Å². The predicted octanol–water partition coefficient (Wildman–Crippen LogP) is 0.290. The Hall–Kier alpha value is -0.780. The van der Waals surface area contributed by atoms with Crippen molar-refractivity contribution < 1.29 is 8.42 Å². The van der Waals surface area contributed by atoms with Crippen LogP contribution in [-0.4, -0.2) is 70.9 Å². The van der Waals surface area contributed by atoms with E-state index in [2.05, 4.69) is 4.99 Å². The van der Waals surface area contributed by atoms with Crippen LogP contribution in [0.3, 0.4) is 0 Å². The monoisotopic (exact) mass is 261 g/mol. The third-order valence-corrected chi connectivity index (χ3v) is 4.02. The SMILES string of the molecule is CN(C)C(=NCC1(CS(C)(=O)=O)CC1)N(C)C. The van der Waals surface area contributed by atoms with Crippen molar-refractivity contribution in [3.63, 3.8) is 0 Å². The van der Waals surface area contributed by atoms with E-state index in [4.69, 9.17) is 0 Å². The van der Waals surface area contributed by atoms with E-state index in [1.807, 2.05) is 38.0 Å². The summed E-state index contributed by atoms with van der Waals surface area (Å²) < 4.78 is 22.7. The van der Waals surface area contributed by atoms with Crippen molar-refractivity contribution in [3.05, 3.63) is 0 Å². The number of rotatable bonds is 4. The number of nitrogens with zero attached hydrogens (tertiary/aromatic N) is 3. The van der Waals surface area contributed by atoms with Crippen molar-refractivity contribution in [1.29, 1.82) is 0 Å². The van der Waals surface area contributed by atoms with Crippen LogP contribution in [0.25, 0.3) is 0 Å². The highest BCUT2D eigenvalue weighted by atomic mass is 32.2. The molecule has 0 spiro atoms. The molecule has 100 valence electrons. The molecule has 17 heavy (non-hydrogen) atoms. The van der Waals surface area contributed by atoms with Crippen molar-refractivity contribution in [2.24, 2.45) is 10.4 Å². The molecule has 0 aromatic heterocycles. The van der Waals surface area contributed by atoms with Crippen LogP contribution in [0.5, 0.6) is 0 Å². The Morgan fingerprint density at radius 3 is 1.94 bits per heavy atom. The number of sulfone groups is 1. The molecule has 1 aliphatic carbocycles. The Morgan fingerprint density at radius 2 is 1.65 bits per heavy atom. The van der Waals surface area contributed by atoms with E-state index in [-0.39, 0.29) is 11.2 Å². The van der Waals surface area contributed by atoms with E-state index < -0.39 is 9.84 Å². The van der Waals surface area contributed by atoms with Gasteiger partial charge >= 0.3 is 0 Å². The summed E-state index contributed by atoms with van der Waals surface area (Å²) in [6.45, 7) is 0.603. The fourth-order valence-corrected chi connectivity index (χ4v) is 3.49. The summed E-state index contributed by atoms with van der Waals surface area (Å²) in [5.41, 5.74) is -0.0924. The second-order valence-electron chi connectivity index (χ2n) is 5.48. The van der Waals surface area contributed by atoms with Crippen molar-refractivity contribution >= 4 is 15.8 Å². The van der Waals surface area contributed by atoms with Gasteiger partial charge in [0, 0.05) is 46.4 Å². The van der Waals surface area contributed by atoms with Gasteiger partial charge in [-0.2, -0.15) is 0 Å². The number of guanidine groups is 1. The molecule has 0 amide bonds. The summed E-state index contributed by atoms with van der Waals surface area (Å²) in [4.78, 5) is 8.43. The largest absolute Gasteiger partial charge is 0.349 e. The first kappa shape index (κ1) is 14.3. The van der Waals surface area contributed by atoms with Gasteiger partial charge in [-0.3, -0.25) is 4.99 Å². The fourth-order valence-electron chi connectivity index (χ4n) is 2.00. The Bertz CT molecular complexity index is 385. The molecule has 0 bridgehead atoms. The Morgan fingerprint density at radius 1 is 1.18 bits per heavy atom. The third kappa shape index (κ3) is 4.53. The molecule has 0 aliphatic heterocycles. The van der Waals surface area contributed by atoms with E-state index in [1.54, 1.807) is 0 Å². The second-order valence-corrected chi connectivity index (χ2v) is 7.62. The lowest BCUT2D eigenvalue weighted by molar-refractivity contribution is 0.469. The second kappa shape index (κ2) is 4.84.